The lowest BCUT2D eigenvalue weighted by atomic mass is 9.94. The lowest BCUT2D eigenvalue weighted by molar-refractivity contribution is 0.175. The maximum atomic E-state index is 13.6. The average molecular weight is 262 g/mol. The molecule has 0 aliphatic rings. The van der Waals surface area contributed by atoms with Crippen molar-refractivity contribution < 1.29 is 13.9 Å². The van der Waals surface area contributed by atoms with Crippen LogP contribution in [0.25, 0.3) is 0 Å². The van der Waals surface area contributed by atoms with Crippen LogP contribution >= 0.6 is 0 Å². The molecule has 3 heteroatoms. The fraction of sp³-hybridized carbons (Fsp3) is 0.250. The normalized spacial score (nSPS) is 12.5. The van der Waals surface area contributed by atoms with Crippen molar-refractivity contribution in [1.82, 2.24) is 0 Å². The lowest BCUT2D eigenvalue weighted by Gasteiger charge is -2.17. The molecule has 100 valence electrons. The van der Waals surface area contributed by atoms with Gasteiger partial charge in [0.25, 0.3) is 0 Å². The molecule has 1 nitrogen and oxygen atoms in total. The highest BCUT2D eigenvalue weighted by Crippen LogP contribution is 2.26. The predicted octanol–water partition coefficient (Wildman–Crippen LogP) is 3.86. The van der Waals surface area contributed by atoms with E-state index in [4.69, 9.17) is 0 Å². The zero-order valence-corrected chi connectivity index (χ0v) is 11.0. The number of hydrogen-bond acceptors (Lipinski definition) is 1. The predicted molar refractivity (Wildman–Crippen MR) is 70.9 cm³/mol. The van der Waals surface area contributed by atoms with Gasteiger partial charge in [-0.25, -0.2) is 8.78 Å². The van der Waals surface area contributed by atoms with Gasteiger partial charge in [-0.1, -0.05) is 24.3 Å². The summed E-state index contributed by atoms with van der Waals surface area (Å²) < 4.78 is 26.4. The van der Waals surface area contributed by atoms with E-state index in [1.54, 1.807) is 0 Å². The van der Waals surface area contributed by atoms with E-state index in [2.05, 4.69) is 0 Å². The maximum absolute atomic E-state index is 13.6. The van der Waals surface area contributed by atoms with Gasteiger partial charge in [0.2, 0.25) is 0 Å². The van der Waals surface area contributed by atoms with Gasteiger partial charge in [-0.3, -0.25) is 0 Å². The second-order valence-corrected chi connectivity index (χ2v) is 4.76. The van der Waals surface area contributed by atoms with Crippen molar-refractivity contribution in [2.24, 2.45) is 0 Å². The molecule has 0 amide bonds. The quantitative estimate of drug-likeness (QED) is 0.890. The summed E-state index contributed by atoms with van der Waals surface area (Å²) >= 11 is 0. The van der Waals surface area contributed by atoms with Gasteiger partial charge in [0.15, 0.2) is 0 Å². The summed E-state index contributed by atoms with van der Waals surface area (Å²) in [5.74, 6) is -1.23. The fourth-order valence-electron chi connectivity index (χ4n) is 2.35. The molecular weight excluding hydrogens is 246 g/mol. The topological polar surface area (TPSA) is 20.2 Å². The van der Waals surface area contributed by atoms with Crippen molar-refractivity contribution in [3.05, 3.63) is 70.3 Å². The maximum Gasteiger partial charge on any atom is 0.129 e. The van der Waals surface area contributed by atoms with Gasteiger partial charge in [0, 0.05) is 12.5 Å². The van der Waals surface area contributed by atoms with E-state index in [0.717, 1.165) is 22.8 Å². The van der Waals surface area contributed by atoms with Crippen LogP contribution in [0.5, 0.6) is 0 Å². The molecule has 1 N–H and O–H groups in total. The minimum Gasteiger partial charge on any atom is -0.388 e. The van der Waals surface area contributed by atoms with Gasteiger partial charge in [0.05, 0.1) is 6.10 Å². The van der Waals surface area contributed by atoms with Crippen LogP contribution in [0.1, 0.15) is 28.4 Å². The minimum atomic E-state index is -0.791. The van der Waals surface area contributed by atoms with Crippen LogP contribution < -0.4 is 0 Å². The third-order valence-corrected chi connectivity index (χ3v) is 3.30. The number of aliphatic hydroxyl groups is 1. The Balaban J connectivity index is 2.28. The molecule has 0 aliphatic heterocycles. The average Bonchev–Trinajstić information content (AvgIpc) is 2.32. The molecule has 0 aromatic heterocycles. The number of halogens is 2. The van der Waals surface area contributed by atoms with Crippen molar-refractivity contribution in [2.75, 3.05) is 0 Å². The highest BCUT2D eigenvalue weighted by molar-refractivity contribution is 5.36. The molecule has 1 atom stereocenters. The Hall–Kier alpha value is -1.74. The van der Waals surface area contributed by atoms with Crippen molar-refractivity contribution in [2.45, 2.75) is 26.4 Å². The molecule has 0 saturated heterocycles. The Morgan fingerprint density at radius 2 is 1.68 bits per heavy atom. The van der Waals surface area contributed by atoms with Crippen molar-refractivity contribution in [3.63, 3.8) is 0 Å². The lowest BCUT2D eigenvalue weighted by Crippen LogP contribution is -2.07. The largest absolute Gasteiger partial charge is 0.388 e. The molecule has 1 unspecified atom stereocenters. The van der Waals surface area contributed by atoms with Crippen molar-refractivity contribution in [1.29, 1.82) is 0 Å². The fourth-order valence-corrected chi connectivity index (χ4v) is 2.35. The van der Waals surface area contributed by atoms with Gasteiger partial charge in [-0.05, 0) is 42.2 Å². The Bertz CT molecular complexity index is 573. The summed E-state index contributed by atoms with van der Waals surface area (Å²) in [7, 11) is 0. The van der Waals surface area contributed by atoms with Crippen molar-refractivity contribution in [3.8, 4) is 0 Å². The highest BCUT2D eigenvalue weighted by atomic mass is 19.1. The smallest absolute Gasteiger partial charge is 0.129 e. The molecule has 0 saturated carbocycles. The van der Waals surface area contributed by atoms with Crippen molar-refractivity contribution >= 4 is 0 Å². The number of aryl methyl sites for hydroxylation is 2. The SMILES string of the molecule is Cc1cccc(C)c1C(O)Cc1ccc(F)cc1F. The van der Waals surface area contributed by atoms with Crippen LogP contribution in [-0.4, -0.2) is 5.11 Å². The molecule has 0 aliphatic carbocycles. The van der Waals surface area contributed by atoms with Crippen LogP contribution in [0.4, 0.5) is 8.78 Å². The summed E-state index contributed by atoms with van der Waals surface area (Å²) in [5, 5.41) is 10.3. The summed E-state index contributed by atoms with van der Waals surface area (Å²) in [6, 6.07) is 9.16. The van der Waals surface area contributed by atoms with E-state index < -0.39 is 17.7 Å². The molecule has 0 heterocycles. The summed E-state index contributed by atoms with van der Waals surface area (Å²) in [6.45, 7) is 3.82. The molecule has 2 aromatic rings. The van der Waals surface area contributed by atoms with Gasteiger partial charge >= 0.3 is 0 Å². The number of aliphatic hydroxyl groups excluding tert-OH is 1. The summed E-state index contributed by atoms with van der Waals surface area (Å²) in [6.07, 6.45) is -0.654. The molecule has 19 heavy (non-hydrogen) atoms. The zero-order chi connectivity index (χ0) is 14.0. The first-order chi connectivity index (χ1) is 8.99. The van der Waals surface area contributed by atoms with Gasteiger partial charge in [-0.15, -0.1) is 0 Å². The molecule has 0 bridgehead atoms. The van der Waals surface area contributed by atoms with Gasteiger partial charge in [0.1, 0.15) is 11.6 Å². The first-order valence-electron chi connectivity index (χ1n) is 6.17. The van der Waals surface area contributed by atoms with Crippen LogP contribution in [-0.2, 0) is 6.42 Å². The third kappa shape index (κ3) is 2.99. The van der Waals surface area contributed by atoms with E-state index in [-0.39, 0.29) is 6.42 Å². The Labute approximate surface area is 111 Å². The number of rotatable bonds is 3. The molecule has 2 aromatic carbocycles. The highest BCUT2D eigenvalue weighted by Gasteiger charge is 2.15. The van der Waals surface area contributed by atoms with Crippen LogP contribution in [0.3, 0.4) is 0 Å². The zero-order valence-electron chi connectivity index (χ0n) is 11.0. The second-order valence-electron chi connectivity index (χ2n) is 4.76. The van der Waals surface area contributed by atoms with E-state index in [1.807, 2.05) is 32.0 Å². The molecular formula is C16H16F2O. The van der Waals surface area contributed by atoms with Gasteiger partial charge < -0.3 is 5.11 Å². The van der Waals surface area contributed by atoms with E-state index in [0.29, 0.717) is 5.56 Å². The summed E-state index contributed by atoms with van der Waals surface area (Å²) in [4.78, 5) is 0. The summed E-state index contributed by atoms with van der Waals surface area (Å²) in [5.41, 5.74) is 3.06. The van der Waals surface area contributed by atoms with Crippen LogP contribution in [0.2, 0.25) is 0 Å². The van der Waals surface area contributed by atoms with Crippen LogP contribution in [0.15, 0.2) is 36.4 Å². The number of benzene rings is 2. The van der Waals surface area contributed by atoms with Crippen LogP contribution in [0, 0.1) is 25.5 Å². The Kier molecular flexibility index (Phi) is 3.96. The van der Waals surface area contributed by atoms with E-state index >= 15 is 0 Å². The van der Waals surface area contributed by atoms with E-state index in [1.165, 1.54) is 12.1 Å². The van der Waals surface area contributed by atoms with E-state index in [9.17, 15) is 13.9 Å². The number of hydrogen-bond donors (Lipinski definition) is 1. The second kappa shape index (κ2) is 5.49. The molecule has 0 fully saturated rings. The third-order valence-electron chi connectivity index (χ3n) is 3.30. The minimum absolute atomic E-state index is 0.137. The molecule has 0 spiro atoms. The first kappa shape index (κ1) is 13.7. The monoisotopic (exact) mass is 262 g/mol. The molecule has 2 rings (SSSR count). The Morgan fingerprint density at radius 3 is 2.26 bits per heavy atom. The first-order valence-corrected chi connectivity index (χ1v) is 6.17. The Morgan fingerprint density at radius 1 is 1.05 bits per heavy atom. The molecule has 0 radical (unpaired) electrons. The van der Waals surface area contributed by atoms with Gasteiger partial charge in [-0.2, -0.15) is 0 Å². The standard InChI is InChI=1S/C16H16F2O/c1-10-4-3-5-11(2)16(10)15(19)8-12-6-7-13(17)9-14(12)18/h3-7,9,15,19H,8H2,1-2H3.